The van der Waals surface area contributed by atoms with Crippen molar-refractivity contribution in [2.75, 3.05) is 33.3 Å². The van der Waals surface area contributed by atoms with Gasteiger partial charge in [-0.15, -0.1) is 0 Å². The summed E-state index contributed by atoms with van der Waals surface area (Å²) in [6.45, 7) is 4.58. The third kappa shape index (κ3) is 3.15. The number of methoxy groups -OCH3 is 1. The van der Waals surface area contributed by atoms with Crippen molar-refractivity contribution in [3.05, 3.63) is 42.0 Å². The summed E-state index contributed by atoms with van der Waals surface area (Å²) in [5, 5.41) is 6.09. The van der Waals surface area contributed by atoms with Crippen molar-refractivity contribution < 1.29 is 4.74 Å². The second-order valence-electron chi connectivity index (χ2n) is 7.25. The highest BCUT2D eigenvalue weighted by molar-refractivity contribution is 5.84. The molecule has 0 unspecified atom stereocenters. The zero-order valence-electron chi connectivity index (χ0n) is 14.6. The van der Waals surface area contributed by atoms with Crippen molar-refractivity contribution in [1.82, 2.24) is 10.2 Å². The highest BCUT2D eigenvalue weighted by atomic mass is 16.5. The second kappa shape index (κ2) is 7.12. The van der Waals surface area contributed by atoms with Gasteiger partial charge in [-0.2, -0.15) is 0 Å². The Morgan fingerprint density at radius 2 is 1.71 bits per heavy atom. The highest BCUT2D eigenvalue weighted by Gasteiger charge is 2.31. The number of piperazine rings is 1. The summed E-state index contributed by atoms with van der Waals surface area (Å²) >= 11 is 0. The summed E-state index contributed by atoms with van der Waals surface area (Å²) in [6.07, 6.45) is 5.57. The molecule has 2 aliphatic rings. The zero-order chi connectivity index (χ0) is 16.4. The molecule has 1 heterocycles. The Morgan fingerprint density at radius 1 is 1.00 bits per heavy atom. The van der Waals surface area contributed by atoms with Gasteiger partial charge in [0, 0.05) is 32.2 Å². The topological polar surface area (TPSA) is 24.5 Å². The molecule has 0 spiro atoms. The van der Waals surface area contributed by atoms with Gasteiger partial charge in [-0.25, -0.2) is 0 Å². The van der Waals surface area contributed by atoms with Gasteiger partial charge in [0.05, 0.1) is 7.11 Å². The summed E-state index contributed by atoms with van der Waals surface area (Å²) < 4.78 is 5.36. The van der Waals surface area contributed by atoms with Crippen LogP contribution in [0.1, 0.15) is 37.3 Å². The molecule has 0 aromatic heterocycles. The third-order valence-electron chi connectivity index (χ3n) is 5.80. The van der Waals surface area contributed by atoms with Crippen molar-refractivity contribution in [2.24, 2.45) is 5.92 Å². The van der Waals surface area contributed by atoms with Gasteiger partial charge in [0.2, 0.25) is 0 Å². The first-order chi connectivity index (χ1) is 11.8. The van der Waals surface area contributed by atoms with E-state index in [0.29, 0.717) is 6.04 Å². The number of hydrogen-bond acceptors (Lipinski definition) is 3. The number of benzene rings is 2. The summed E-state index contributed by atoms with van der Waals surface area (Å²) in [5.41, 5.74) is 1.50. The first kappa shape index (κ1) is 15.9. The van der Waals surface area contributed by atoms with E-state index in [1.54, 1.807) is 7.11 Å². The average Bonchev–Trinajstić information content (AvgIpc) is 3.16. The number of nitrogens with one attached hydrogen (secondary N) is 1. The lowest BCUT2D eigenvalue weighted by atomic mass is 9.88. The maximum atomic E-state index is 5.36. The Morgan fingerprint density at radius 3 is 2.46 bits per heavy atom. The minimum atomic E-state index is 0.584. The second-order valence-corrected chi connectivity index (χ2v) is 7.25. The number of rotatable bonds is 4. The molecule has 0 amide bonds. The molecule has 2 aromatic rings. The maximum Gasteiger partial charge on any atom is 0.119 e. The molecule has 1 N–H and O–H groups in total. The van der Waals surface area contributed by atoms with Crippen molar-refractivity contribution >= 4 is 10.8 Å². The Hall–Kier alpha value is -1.58. The van der Waals surface area contributed by atoms with E-state index in [4.69, 9.17) is 4.74 Å². The van der Waals surface area contributed by atoms with Gasteiger partial charge in [-0.1, -0.05) is 31.0 Å². The number of ether oxygens (including phenoxy) is 1. The van der Waals surface area contributed by atoms with Crippen LogP contribution in [0.15, 0.2) is 36.4 Å². The van der Waals surface area contributed by atoms with Crippen molar-refractivity contribution in [3.8, 4) is 5.75 Å². The maximum absolute atomic E-state index is 5.36. The molecule has 1 saturated carbocycles. The molecule has 1 aliphatic heterocycles. The van der Waals surface area contributed by atoms with Crippen molar-refractivity contribution in [1.29, 1.82) is 0 Å². The molecule has 0 radical (unpaired) electrons. The fourth-order valence-corrected chi connectivity index (χ4v) is 4.57. The standard InChI is InChI=1S/C21H28N2O/c1-24-20-9-8-17-14-19(7-6-18(17)15-20)21(16-4-2-3-5-16)23-12-10-22-11-13-23/h6-9,14-16,21-22H,2-5,10-13H2,1H3/t21-/m0/s1. The first-order valence-corrected chi connectivity index (χ1v) is 9.37. The van der Waals surface area contributed by atoms with Gasteiger partial charge in [0.25, 0.3) is 0 Å². The van der Waals surface area contributed by atoms with Crippen LogP contribution in [0, 0.1) is 5.92 Å². The van der Waals surface area contributed by atoms with Crippen LogP contribution in [-0.4, -0.2) is 38.2 Å². The largest absolute Gasteiger partial charge is 0.497 e. The predicted octanol–water partition coefficient (Wildman–Crippen LogP) is 3.98. The van der Waals surface area contributed by atoms with Crippen LogP contribution in [0.25, 0.3) is 10.8 Å². The molecule has 1 atom stereocenters. The van der Waals surface area contributed by atoms with E-state index in [2.05, 4.69) is 46.6 Å². The van der Waals surface area contributed by atoms with Crippen molar-refractivity contribution in [2.45, 2.75) is 31.7 Å². The molecule has 0 bridgehead atoms. The van der Waals surface area contributed by atoms with Crippen molar-refractivity contribution in [3.63, 3.8) is 0 Å². The summed E-state index contributed by atoms with van der Waals surface area (Å²) in [4.78, 5) is 2.72. The normalized spacial score (nSPS) is 21.2. The quantitative estimate of drug-likeness (QED) is 0.920. The Bertz CT molecular complexity index is 687. The van der Waals surface area contributed by atoms with Crippen LogP contribution in [-0.2, 0) is 0 Å². The highest BCUT2D eigenvalue weighted by Crippen LogP contribution is 2.40. The van der Waals surface area contributed by atoms with Gasteiger partial charge >= 0.3 is 0 Å². The van der Waals surface area contributed by atoms with E-state index in [0.717, 1.165) is 24.8 Å². The van der Waals surface area contributed by atoms with Crippen LogP contribution in [0.4, 0.5) is 0 Å². The number of nitrogens with zero attached hydrogens (tertiary/aromatic N) is 1. The summed E-state index contributed by atoms with van der Waals surface area (Å²) in [5.74, 6) is 1.75. The molecular formula is C21H28N2O. The van der Waals surface area contributed by atoms with E-state index < -0.39 is 0 Å². The Kier molecular flexibility index (Phi) is 4.72. The molecule has 1 aliphatic carbocycles. The molecule has 128 valence electrons. The Balaban J connectivity index is 1.69. The third-order valence-corrected chi connectivity index (χ3v) is 5.80. The first-order valence-electron chi connectivity index (χ1n) is 9.37. The predicted molar refractivity (Wildman–Crippen MR) is 99.6 cm³/mol. The van der Waals surface area contributed by atoms with E-state index in [9.17, 15) is 0 Å². The minimum Gasteiger partial charge on any atom is -0.497 e. The lowest BCUT2D eigenvalue weighted by Gasteiger charge is -2.38. The molecule has 1 saturated heterocycles. The van der Waals surface area contributed by atoms with E-state index in [-0.39, 0.29) is 0 Å². The molecular weight excluding hydrogens is 296 g/mol. The molecule has 4 rings (SSSR count). The van der Waals surface area contributed by atoms with Crippen LogP contribution in [0.5, 0.6) is 5.75 Å². The SMILES string of the molecule is COc1ccc2cc([C@H](C3CCCC3)N3CCNCC3)ccc2c1. The summed E-state index contributed by atoms with van der Waals surface area (Å²) in [6, 6.07) is 14.0. The van der Waals surface area contributed by atoms with Gasteiger partial charge < -0.3 is 10.1 Å². The molecule has 2 fully saturated rings. The van der Waals surface area contributed by atoms with Gasteiger partial charge in [0.15, 0.2) is 0 Å². The monoisotopic (exact) mass is 324 g/mol. The van der Waals surface area contributed by atoms with Gasteiger partial charge in [-0.3, -0.25) is 4.90 Å². The Labute approximate surface area is 145 Å². The zero-order valence-corrected chi connectivity index (χ0v) is 14.6. The van der Waals surface area contributed by atoms with E-state index in [1.807, 2.05) is 0 Å². The molecule has 3 heteroatoms. The average molecular weight is 324 g/mol. The lowest BCUT2D eigenvalue weighted by Crippen LogP contribution is -2.46. The van der Waals surface area contributed by atoms with Gasteiger partial charge in [-0.05, 0) is 53.3 Å². The molecule has 2 aromatic carbocycles. The molecule has 3 nitrogen and oxygen atoms in total. The number of hydrogen-bond donors (Lipinski definition) is 1. The van der Waals surface area contributed by atoms with E-state index >= 15 is 0 Å². The van der Waals surface area contributed by atoms with Crippen LogP contribution in [0.3, 0.4) is 0 Å². The minimum absolute atomic E-state index is 0.584. The fourth-order valence-electron chi connectivity index (χ4n) is 4.57. The molecule has 24 heavy (non-hydrogen) atoms. The lowest BCUT2D eigenvalue weighted by molar-refractivity contribution is 0.125. The van der Waals surface area contributed by atoms with Crippen LogP contribution >= 0.6 is 0 Å². The number of fused-ring (bicyclic) bond motifs is 1. The summed E-state index contributed by atoms with van der Waals surface area (Å²) in [7, 11) is 1.73. The fraction of sp³-hybridized carbons (Fsp3) is 0.524. The van der Waals surface area contributed by atoms with Crippen LogP contribution < -0.4 is 10.1 Å². The van der Waals surface area contributed by atoms with E-state index in [1.165, 1.54) is 55.1 Å². The van der Waals surface area contributed by atoms with Crippen LogP contribution in [0.2, 0.25) is 0 Å². The van der Waals surface area contributed by atoms with Gasteiger partial charge in [0.1, 0.15) is 5.75 Å². The smallest absolute Gasteiger partial charge is 0.119 e.